The number of carbonyl (C=O) groups excluding carboxylic acids is 1. The number of hydrogen-bond acceptors (Lipinski definition) is 3. The summed E-state index contributed by atoms with van der Waals surface area (Å²) in [4.78, 5) is 15.1. The molecule has 0 saturated carbocycles. The van der Waals surface area contributed by atoms with Crippen LogP contribution in [0.25, 0.3) is 0 Å². The zero-order chi connectivity index (χ0) is 16.1. The lowest BCUT2D eigenvalue weighted by Crippen LogP contribution is -2.47. The molecule has 5 heteroatoms. The Balaban J connectivity index is 2.12. The summed E-state index contributed by atoms with van der Waals surface area (Å²) in [5, 5.41) is 3.45. The number of likely N-dealkylation sites (tertiary alicyclic amines) is 1. The lowest BCUT2D eigenvalue weighted by atomic mass is 10.0. The molecular formula is C17H26ClN3O. The largest absolute Gasteiger partial charge is 0.399 e. The highest BCUT2D eigenvalue weighted by atomic mass is 35.5. The topological polar surface area (TPSA) is 58.4 Å². The summed E-state index contributed by atoms with van der Waals surface area (Å²) >= 11 is 6.16. The number of nitrogens with zero attached hydrogens (tertiary/aromatic N) is 1. The molecule has 0 aromatic heterocycles. The highest BCUT2D eigenvalue weighted by Crippen LogP contribution is 2.25. The van der Waals surface area contributed by atoms with Gasteiger partial charge < -0.3 is 11.1 Å². The molecule has 1 unspecified atom stereocenters. The van der Waals surface area contributed by atoms with Gasteiger partial charge in [0.25, 0.3) is 0 Å². The molecule has 1 aliphatic heterocycles. The van der Waals surface area contributed by atoms with E-state index in [1.165, 1.54) is 25.7 Å². The number of nitrogens with two attached hydrogens (primary N) is 1. The summed E-state index contributed by atoms with van der Waals surface area (Å²) in [5.41, 5.74) is 6.91. The quantitative estimate of drug-likeness (QED) is 0.829. The molecule has 0 radical (unpaired) electrons. The predicted molar refractivity (Wildman–Crippen MR) is 93.2 cm³/mol. The van der Waals surface area contributed by atoms with Crippen molar-refractivity contribution in [2.75, 3.05) is 24.1 Å². The van der Waals surface area contributed by atoms with Gasteiger partial charge in [-0.05, 0) is 50.0 Å². The summed E-state index contributed by atoms with van der Waals surface area (Å²) in [5.74, 6) is 0.272. The summed E-state index contributed by atoms with van der Waals surface area (Å²) < 4.78 is 0. The first kappa shape index (κ1) is 17.1. The molecule has 4 nitrogen and oxygen atoms in total. The molecule has 1 saturated heterocycles. The maximum absolute atomic E-state index is 12.8. The Hall–Kier alpha value is -1.26. The minimum absolute atomic E-state index is 0.0172. The molecule has 2 rings (SSSR count). The van der Waals surface area contributed by atoms with Crippen molar-refractivity contribution >= 4 is 28.9 Å². The second-order valence-corrected chi connectivity index (χ2v) is 6.77. The van der Waals surface area contributed by atoms with Crippen LogP contribution in [0.3, 0.4) is 0 Å². The summed E-state index contributed by atoms with van der Waals surface area (Å²) in [6, 6.07) is 5.05. The van der Waals surface area contributed by atoms with Crippen molar-refractivity contribution in [3.05, 3.63) is 23.2 Å². The van der Waals surface area contributed by atoms with Crippen molar-refractivity contribution in [3.63, 3.8) is 0 Å². The van der Waals surface area contributed by atoms with Crippen molar-refractivity contribution < 1.29 is 4.79 Å². The number of amides is 1. The number of nitrogens with one attached hydrogen (secondary N) is 1. The van der Waals surface area contributed by atoms with E-state index in [9.17, 15) is 4.79 Å². The van der Waals surface area contributed by atoms with Gasteiger partial charge in [0.2, 0.25) is 5.91 Å². The number of nitrogen functional groups attached to an aromatic ring is 1. The van der Waals surface area contributed by atoms with Crippen LogP contribution < -0.4 is 11.1 Å². The number of anilines is 2. The molecule has 122 valence electrons. The highest BCUT2D eigenvalue weighted by Gasteiger charge is 2.29. The number of rotatable bonds is 4. The molecule has 1 atom stereocenters. The first-order valence-electron chi connectivity index (χ1n) is 8.09. The van der Waals surface area contributed by atoms with Gasteiger partial charge in [0.15, 0.2) is 0 Å². The Morgan fingerprint density at radius 1 is 1.23 bits per heavy atom. The van der Waals surface area contributed by atoms with Gasteiger partial charge in [0.1, 0.15) is 0 Å². The van der Waals surface area contributed by atoms with Crippen LogP contribution in [0.1, 0.15) is 39.5 Å². The molecule has 3 N–H and O–H groups in total. The van der Waals surface area contributed by atoms with E-state index in [1.54, 1.807) is 18.2 Å². The number of benzene rings is 1. The predicted octanol–water partition coefficient (Wildman–Crippen LogP) is 3.76. The first-order chi connectivity index (χ1) is 10.5. The van der Waals surface area contributed by atoms with Crippen molar-refractivity contribution in [1.82, 2.24) is 4.90 Å². The Morgan fingerprint density at radius 2 is 1.86 bits per heavy atom. The van der Waals surface area contributed by atoms with E-state index >= 15 is 0 Å². The van der Waals surface area contributed by atoms with Crippen molar-refractivity contribution in [2.45, 2.75) is 45.6 Å². The van der Waals surface area contributed by atoms with E-state index in [4.69, 9.17) is 17.3 Å². The van der Waals surface area contributed by atoms with Crippen LogP contribution in [0, 0.1) is 5.92 Å². The molecule has 22 heavy (non-hydrogen) atoms. The average Bonchev–Trinajstić information content (AvgIpc) is 2.71. The van der Waals surface area contributed by atoms with E-state index in [2.05, 4.69) is 24.1 Å². The summed E-state index contributed by atoms with van der Waals surface area (Å²) in [6.45, 7) is 6.18. The first-order valence-corrected chi connectivity index (χ1v) is 8.47. The Bertz CT molecular complexity index is 511. The Kier molecular flexibility index (Phi) is 6.09. The van der Waals surface area contributed by atoms with Crippen molar-refractivity contribution in [3.8, 4) is 0 Å². The van der Waals surface area contributed by atoms with E-state index in [1.807, 2.05) is 0 Å². The van der Waals surface area contributed by atoms with Gasteiger partial charge >= 0.3 is 0 Å². The number of hydrogen-bond donors (Lipinski definition) is 2. The third-order valence-electron chi connectivity index (χ3n) is 4.19. The fourth-order valence-corrected chi connectivity index (χ4v) is 3.34. The third kappa shape index (κ3) is 4.37. The van der Waals surface area contributed by atoms with Crippen LogP contribution in [-0.4, -0.2) is 29.9 Å². The van der Waals surface area contributed by atoms with Gasteiger partial charge in [-0.2, -0.15) is 0 Å². The molecule has 1 fully saturated rings. The molecule has 1 aromatic carbocycles. The van der Waals surface area contributed by atoms with Crippen LogP contribution in [0.4, 0.5) is 11.4 Å². The van der Waals surface area contributed by atoms with Crippen LogP contribution in [-0.2, 0) is 4.79 Å². The fourth-order valence-electron chi connectivity index (χ4n) is 3.10. The highest BCUT2D eigenvalue weighted by molar-refractivity contribution is 6.34. The Morgan fingerprint density at radius 3 is 2.41 bits per heavy atom. The lowest BCUT2D eigenvalue weighted by molar-refractivity contribution is -0.122. The lowest BCUT2D eigenvalue weighted by Gasteiger charge is -2.32. The molecule has 0 bridgehead atoms. The molecule has 1 heterocycles. The molecule has 0 aliphatic carbocycles. The molecule has 1 amide bonds. The molecule has 1 aliphatic rings. The SMILES string of the molecule is CC(C)C(C(=O)Nc1ccc(N)cc1Cl)N1CCCCCC1. The van der Waals surface area contributed by atoms with Crippen LogP contribution in [0.15, 0.2) is 18.2 Å². The van der Waals surface area contributed by atoms with Gasteiger partial charge in [-0.15, -0.1) is 0 Å². The van der Waals surface area contributed by atoms with E-state index < -0.39 is 0 Å². The third-order valence-corrected chi connectivity index (χ3v) is 4.50. The van der Waals surface area contributed by atoms with Gasteiger partial charge in [-0.25, -0.2) is 0 Å². The van der Waals surface area contributed by atoms with E-state index in [0.29, 0.717) is 16.4 Å². The van der Waals surface area contributed by atoms with Crippen LogP contribution in [0.5, 0.6) is 0 Å². The van der Waals surface area contributed by atoms with Crippen molar-refractivity contribution in [1.29, 1.82) is 0 Å². The second-order valence-electron chi connectivity index (χ2n) is 6.37. The average molecular weight is 324 g/mol. The molecule has 1 aromatic rings. The number of halogens is 1. The minimum Gasteiger partial charge on any atom is -0.399 e. The normalized spacial score (nSPS) is 18.0. The second kappa shape index (κ2) is 7.84. The van der Waals surface area contributed by atoms with Gasteiger partial charge in [-0.3, -0.25) is 9.69 Å². The van der Waals surface area contributed by atoms with Crippen LogP contribution >= 0.6 is 11.6 Å². The maximum Gasteiger partial charge on any atom is 0.242 e. The van der Waals surface area contributed by atoms with Crippen LogP contribution in [0.2, 0.25) is 5.02 Å². The van der Waals surface area contributed by atoms with Crippen molar-refractivity contribution in [2.24, 2.45) is 5.92 Å². The van der Waals surface area contributed by atoms with E-state index in [0.717, 1.165) is 13.1 Å². The van der Waals surface area contributed by atoms with E-state index in [-0.39, 0.29) is 17.9 Å². The minimum atomic E-state index is -0.119. The smallest absolute Gasteiger partial charge is 0.242 e. The van der Waals surface area contributed by atoms with Gasteiger partial charge in [-0.1, -0.05) is 38.3 Å². The summed E-state index contributed by atoms with van der Waals surface area (Å²) in [7, 11) is 0. The summed E-state index contributed by atoms with van der Waals surface area (Å²) in [6.07, 6.45) is 4.84. The van der Waals surface area contributed by atoms with Gasteiger partial charge in [0, 0.05) is 5.69 Å². The maximum atomic E-state index is 12.8. The standard InChI is InChI=1S/C17H26ClN3O/c1-12(2)16(21-9-5-3-4-6-10-21)17(22)20-15-8-7-13(19)11-14(15)18/h7-8,11-12,16H,3-6,9-10,19H2,1-2H3,(H,20,22). The molecular weight excluding hydrogens is 298 g/mol. The Labute approximate surface area is 138 Å². The molecule has 0 spiro atoms. The zero-order valence-electron chi connectivity index (χ0n) is 13.4. The zero-order valence-corrected chi connectivity index (χ0v) is 14.2. The number of carbonyl (C=O) groups is 1. The fraction of sp³-hybridized carbons (Fsp3) is 0.588. The van der Waals surface area contributed by atoms with Gasteiger partial charge in [0.05, 0.1) is 16.8 Å². The monoisotopic (exact) mass is 323 g/mol.